The fourth-order valence-corrected chi connectivity index (χ4v) is 4.32. The Kier molecular flexibility index (Phi) is 6.03. The number of hydrogen-bond acceptors (Lipinski definition) is 5. The Labute approximate surface area is 182 Å². The summed E-state index contributed by atoms with van der Waals surface area (Å²) in [6, 6.07) is 13.1. The molecule has 0 aromatic heterocycles. The molecule has 2 fully saturated rings. The third-order valence-corrected chi connectivity index (χ3v) is 6.07. The maximum absolute atomic E-state index is 13.4. The third-order valence-electron chi connectivity index (χ3n) is 5.16. The molecule has 0 spiro atoms. The summed E-state index contributed by atoms with van der Waals surface area (Å²) in [6.45, 7) is 1.97. The van der Waals surface area contributed by atoms with E-state index >= 15 is 0 Å². The van der Waals surface area contributed by atoms with Gasteiger partial charge < -0.3 is 9.80 Å². The number of thioether (sulfide) groups is 1. The Morgan fingerprint density at radius 1 is 0.968 bits per heavy atom. The molecule has 0 unspecified atom stereocenters. The molecule has 0 bridgehead atoms. The van der Waals surface area contributed by atoms with E-state index in [-0.39, 0.29) is 22.9 Å². The smallest absolute Gasteiger partial charge is 0.294 e. The van der Waals surface area contributed by atoms with Crippen molar-refractivity contribution in [2.45, 2.75) is 0 Å². The second-order valence-corrected chi connectivity index (χ2v) is 8.14. The minimum atomic E-state index is -1.04. The van der Waals surface area contributed by atoms with E-state index in [2.05, 4.69) is 4.90 Å². The maximum atomic E-state index is 13.4. The largest absolute Gasteiger partial charge is 0.368 e. The van der Waals surface area contributed by atoms with E-state index in [1.54, 1.807) is 4.90 Å². The van der Waals surface area contributed by atoms with Gasteiger partial charge in [0.2, 0.25) is 5.91 Å². The van der Waals surface area contributed by atoms with Crippen LogP contribution in [0.5, 0.6) is 0 Å². The molecular weight excluding hydrogens is 424 g/mol. The van der Waals surface area contributed by atoms with Crippen LogP contribution in [0.1, 0.15) is 5.56 Å². The van der Waals surface area contributed by atoms with E-state index < -0.39 is 22.8 Å². The SMILES string of the molecule is O=C(CN1C(=O)SC(=Cc2ccc(F)c(F)c2)C1=O)N1CCN(c2ccccc2)CC1. The molecule has 0 saturated carbocycles. The summed E-state index contributed by atoms with van der Waals surface area (Å²) in [5, 5.41) is -0.560. The Bertz CT molecular complexity index is 1050. The lowest BCUT2D eigenvalue weighted by Gasteiger charge is -2.36. The predicted octanol–water partition coefficient (Wildman–Crippen LogP) is 3.35. The number of hydrogen-bond donors (Lipinski definition) is 0. The molecule has 2 heterocycles. The van der Waals surface area contributed by atoms with Crippen LogP contribution in [0.25, 0.3) is 6.08 Å². The van der Waals surface area contributed by atoms with Gasteiger partial charge in [-0.2, -0.15) is 0 Å². The monoisotopic (exact) mass is 443 g/mol. The van der Waals surface area contributed by atoms with Crippen molar-refractivity contribution in [3.8, 4) is 0 Å². The first-order chi connectivity index (χ1) is 14.9. The average Bonchev–Trinajstić information content (AvgIpc) is 3.04. The van der Waals surface area contributed by atoms with Crippen molar-refractivity contribution in [3.05, 3.63) is 70.6 Å². The van der Waals surface area contributed by atoms with Crippen molar-refractivity contribution >= 4 is 40.6 Å². The van der Waals surface area contributed by atoms with Crippen LogP contribution in [-0.2, 0) is 9.59 Å². The van der Waals surface area contributed by atoms with E-state index in [0.29, 0.717) is 37.9 Å². The Morgan fingerprint density at radius 3 is 2.35 bits per heavy atom. The van der Waals surface area contributed by atoms with E-state index in [1.807, 2.05) is 30.3 Å². The van der Waals surface area contributed by atoms with Crippen molar-refractivity contribution < 1.29 is 23.2 Å². The van der Waals surface area contributed by atoms with E-state index in [4.69, 9.17) is 0 Å². The van der Waals surface area contributed by atoms with Crippen LogP contribution in [0, 0.1) is 11.6 Å². The molecule has 0 radical (unpaired) electrons. The lowest BCUT2D eigenvalue weighted by Crippen LogP contribution is -2.51. The highest BCUT2D eigenvalue weighted by Crippen LogP contribution is 2.32. The quantitative estimate of drug-likeness (QED) is 0.679. The van der Waals surface area contributed by atoms with E-state index in [1.165, 1.54) is 12.1 Å². The van der Waals surface area contributed by atoms with Gasteiger partial charge in [0.05, 0.1) is 4.91 Å². The summed E-state index contributed by atoms with van der Waals surface area (Å²) in [7, 11) is 0. The highest BCUT2D eigenvalue weighted by Gasteiger charge is 2.37. The molecule has 160 valence electrons. The number of halogens is 2. The topological polar surface area (TPSA) is 60.9 Å². The van der Waals surface area contributed by atoms with Gasteiger partial charge in [-0.25, -0.2) is 8.78 Å². The number of rotatable bonds is 4. The summed E-state index contributed by atoms with van der Waals surface area (Å²) in [5.74, 6) is -2.96. The molecule has 0 N–H and O–H groups in total. The van der Waals surface area contributed by atoms with Gasteiger partial charge in [0, 0.05) is 31.9 Å². The Hall–Kier alpha value is -3.20. The van der Waals surface area contributed by atoms with Gasteiger partial charge in [-0.15, -0.1) is 0 Å². The number of para-hydroxylation sites is 1. The number of anilines is 1. The zero-order valence-electron chi connectivity index (χ0n) is 16.5. The van der Waals surface area contributed by atoms with Gasteiger partial charge in [0.15, 0.2) is 11.6 Å². The number of carbonyl (C=O) groups is 3. The normalized spacial score (nSPS) is 18.3. The van der Waals surface area contributed by atoms with Gasteiger partial charge in [0.25, 0.3) is 11.1 Å². The van der Waals surface area contributed by atoms with Crippen LogP contribution in [0.4, 0.5) is 19.3 Å². The first kappa shape index (κ1) is 21.0. The molecule has 0 atom stereocenters. The van der Waals surface area contributed by atoms with Crippen molar-refractivity contribution in [1.82, 2.24) is 9.80 Å². The zero-order chi connectivity index (χ0) is 22.0. The third kappa shape index (κ3) is 4.61. The van der Waals surface area contributed by atoms with Crippen molar-refractivity contribution in [2.75, 3.05) is 37.6 Å². The lowest BCUT2D eigenvalue weighted by atomic mass is 10.2. The lowest BCUT2D eigenvalue weighted by molar-refractivity contribution is -0.136. The molecule has 31 heavy (non-hydrogen) atoms. The highest BCUT2D eigenvalue weighted by molar-refractivity contribution is 8.18. The summed E-state index contributed by atoms with van der Waals surface area (Å²) < 4.78 is 26.5. The van der Waals surface area contributed by atoms with Crippen LogP contribution in [-0.4, -0.2) is 59.6 Å². The minimum absolute atomic E-state index is 0.0673. The minimum Gasteiger partial charge on any atom is -0.368 e. The van der Waals surface area contributed by atoms with Gasteiger partial charge in [-0.3, -0.25) is 19.3 Å². The van der Waals surface area contributed by atoms with Crippen LogP contribution in [0.2, 0.25) is 0 Å². The number of piperazine rings is 1. The van der Waals surface area contributed by atoms with E-state index in [0.717, 1.165) is 22.7 Å². The summed E-state index contributed by atoms with van der Waals surface area (Å²) in [4.78, 5) is 42.3. The number of imide groups is 1. The van der Waals surface area contributed by atoms with Gasteiger partial charge in [-0.1, -0.05) is 24.3 Å². The molecule has 6 nitrogen and oxygen atoms in total. The van der Waals surface area contributed by atoms with Gasteiger partial charge in [0.1, 0.15) is 6.54 Å². The molecular formula is C22H19F2N3O3S. The highest BCUT2D eigenvalue weighted by atomic mass is 32.2. The second-order valence-electron chi connectivity index (χ2n) is 7.14. The fourth-order valence-electron chi connectivity index (χ4n) is 3.48. The van der Waals surface area contributed by atoms with Crippen molar-refractivity contribution in [2.24, 2.45) is 0 Å². The maximum Gasteiger partial charge on any atom is 0.294 e. The average molecular weight is 443 g/mol. The zero-order valence-corrected chi connectivity index (χ0v) is 17.3. The molecule has 0 aliphatic carbocycles. The van der Waals surface area contributed by atoms with Gasteiger partial charge >= 0.3 is 0 Å². The Balaban J connectivity index is 1.37. The molecule has 2 aliphatic heterocycles. The standard InChI is InChI=1S/C22H19F2N3O3S/c23-17-7-6-15(12-18(17)24)13-19-21(29)27(22(30)31-19)14-20(28)26-10-8-25(9-11-26)16-4-2-1-3-5-16/h1-7,12-13H,8-11,14H2. The number of carbonyl (C=O) groups excluding carboxylic acids is 3. The first-order valence-corrected chi connectivity index (χ1v) is 10.5. The number of amides is 3. The fraction of sp³-hybridized carbons (Fsp3) is 0.227. The second kappa shape index (κ2) is 8.89. The van der Waals surface area contributed by atoms with Crippen LogP contribution in [0.3, 0.4) is 0 Å². The summed E-state index contributed by atoms with van der Waals surface area (Å²) >= 11 is 0.676. The molecule has 9 heteroatoms. The predicted molar refractivity (Wildman–Crippen MR) is 114 cm³/mol. The molecule has 2 aromatic rings. The summed E-state index contributed by atoms with van der Waals surface area (Å²) in [6.07, 6.45) is 1.32. The molecule has 3 amide bonds. The molecule has 4 rings (SSSR count). The Morgan fingerprint density at radius 2 is 1.68 bits per heavy atom. The van der Waals surface area contributed by atoms with Crippen LogP contribution in [0.15, 0.2) is 53.4 Å². The van der Waals surface area contributed by atoms with Crippen LogP contribution < -0.4 is 4.90 Å². The summed E-state index contributed by atoms with van der Waals surface area (Å²) in [5.41, 5.74) is 1.34. The van der Waals surface area contributed by atoms with Gasteiger partial charge in [-0.05, 0) is 47.7 Å². The molecule has 2 aromatic carbocycles. The molecule has 2 saturated heterocycles. The van der Waals surface area contributed by atoms with Crippen molar-refractivity contribution in [3.63, 3.8) is 0 Å². The van der Waals surface area contributed by atoms with Crippen LogP contribution >= 0.6 is 11.8 Å². The first-order valence-electron chi connectivity index (χ1n) is 9.70. The molecule has 2 aliphatic rings. The number of benzene rings is 2. The van der Waals surface area contributed by atoms with E-state index in [9.17, 15) is 23.2 Å². The van der Waals surface area contributed by atoms with Crippen molar-refractivity contribution in [1.29, 1.82) is 0 Å². The number of nitrogens with zero attached hydrogens (tertiary/aromatic N) is 3.